The summed E-state index contributed by atoms with van der Waals surface area (Å²) >= 11 is 0. The Morgan fingerprint density at radius 3 is 2.62 bits per heavy atom. The van der Waals surface area contributed by atoms with Gasteiger partial charge < -0.3 is 5.73 Å². The molecule has 0 amide bonds. The number of hydrogen-bond acceptors (Lipinski definition) is 3. The molecule has 0 bridgehead atoms. The number of nitrogens with zero attached hydrogens (tertiary/aromatic N) is 2. The van der Waals surface area contributed by atoms with Crippen molar-refractivity contribution >= 4 is 10.2 Å². The zero-order chi connectivity index (χ0) is 12.3. The monoisotopic (exact) mass is 249 g/mol. The van der Waals surface area contributed by atoms with Crippen LogP contribution in [-0.4, -0.2) is 49.8 Å². The topological polar surface area (TPSA) is 66.6 Å². The summed E-state index contributed by atoms with van der Waals surface area (Å²) in [7, 11) is -1.63. The molecule has 1 saturated heterocycles. The fourth-order valence-electron chi connectivity index (χ4n) is 1.93. The second-order valence-corrected chi connectivity index (χ2v) is 6.70. The maximum atomic E-state index is 12.1. The Hall–Kier alpha value is -0.170. The standard InChI is InChI=1S/C10H23N3O2S/c1-9(2)12(3)16(14,15)13-7-5-10(8-13)4-6-11/h9-10H,4-8,11H2,1-3H3. The minimum atomic E-state index is -3.26. The summed E-state index contributed by atoms with van der Waals surface area (Å²) in [6.45, 7) is 5.65. The molecule has 1 unspecified atom stereocenters. The predicted octanol–water partition coefficient (Wildman–Crippen LogP) is 0.242. The van der Waals surface area contributed by atoms with Crippen molar-refractivity contribution in [3.05, 3.63) is 0 Å². The maximum Gasteiger partial charge on any atom is 0.281 e. The van der Waals surface area contributed by atoms with E-state index in [4.69, 9.17) is 5.73 Å². The zero-order valence-corrected chi connectivity index (χ0v) is 11.2. The smallest absolute Gasteiger partial charge is 0.281 e. The fraction of sp³-hybridized carbons (Fsp3) is 1.00. The number of rotatable bonds is 5. The summed E-state index contributed by atoms with van der Waals surface area (Å²) in [5.41, 5.74) is 5.49. The molecule has 0 aromatic heterocycles. The molecular formula is C10H23N3O2S. The molecule has 0 spiro atoms. The van der Waals surface area contributed by atoms with Gasteiger partial charge in [-0.2, -0.15) is 17.0 Å². The molecule has 0 aromatic carbocycles. The van der Waals surface area contributed by atoms with Gasteiger partial charge in [0.15, 0.2) is 0 Å². The Kier molecular flexibility index (Phi) is 4.73. The van der Waals surface area contributed by atoms with Crippen LogP contribution >= 0.6 is 0 Å². The minimum absolute atomic E-state index is 0.00133. The Morgan fingerprint density at radius 1 is 1.50 bits per heavy atom. The predicted molar refractivity (Wildman–Crippen MR) is 65.2 cm³/mol. The highest BCUT2D eigenvalue weighted by atomic mass is 32.2. The van der Waals surface area contributed by atoms with Crippen molar-refractivity contribution in [2.45, 2.75) is 32.7 Å². The highest BCUT2D eigenvalue weighted by Gasteiger charge is 2.34. The first-order chi connectivity index (χ1) is 7.39. The van der Waals surface area contributed by atoms with E-state index in [1.165, 1.54) is 4.31 Å². The van der Waals surface area contributed by atoms with Crippen LogP contribution in [0.1, 0.15) is 26.7 Å². The molecule has 1 atom stereocenters. The molecule has 2 N–H and O–H groups in total. The van der Waals surface area contributed by atoms with Gasteiger partial charge in [0.1, 0.15) is 0 Å². The second kappa shape index (κ2) is 5.44. The van der Waals surface area contributed by atoms with Gasteiger partial charge in [-0.3, -0.25) is 0 Å². The number of hydrogen-bond donors (Lipinski definition) is 1. The largest absolute Gasteiger partial charge is 0.330 e. The van der Waals surface area contributed by atoms with Crippen molar-refractivity contribution in [3.63, 3.8) is 0 Å². The Labute approximate surface area is 98.8 Å². The molecule has 0 radical (unpaired) electrons. The zero-order valence-electron chi connectivity index (χ0n) is 10.4. The Balaban J connectivity index is 2.65. The molecule has 5 nitrogen and oxygen atoms in total. The van der Waals surface area contributed by atoms with E-state index < -0.39 is 10.2 Å². The fourth-order valence-corrected chi connectivity index (χ4v) is 3.56. The lowest BCUT2D eigenvalue weighted by Crippen LogP contribution is -2.43. The summed E-state index contributed by atoms with van der Waals surface area (Å²) in [6.07, 6.45) is 1.85. The molecular weight excluding hydrogens is 226 g/mol. The molecule has 1 aliphatic heterocycles. The van der Waals surface area contributed by atoms with E-state index in [1.54, 1.807) is 11.4 Å². The van der Waals surface area contributed by atoms with Gasteiger partial charge in [-0.1, -0.05) is 0 Å². The van der Waals surface area contributed by atoms with Crippen LogP contribution < -0.4 is 5.73 Å². The van der Waals surface area contributed by atoms with Crippen molar-refractivity contribution in [2.75, 3.05) is 26.7 Å². The first-order valence-corrected chi connectivity index (χ1v) is 7.22. The minimum Gasteiger partial charge on any atom is -0.330 e. The lowest BCUT2D eigenvalue weighted by Gasteiger charge is -2.26. The van der Waals surface area contributed by atoms with Gasteiger partial charge in [-0.05, 0) is 39.2 Å². The molecule has 0 aliphatic carbocycles. The van der Waals surface area contributed by atoms with E-state index >= 15 is 0 Å². The molecule has 0 saturated carbocycles. The van der Waals surface area contributed by atoms with Crippen LogP contribution in [0.15, 0.2) is 0 Å². The summed E-state index contributed by atoms with van der Waals surface area (Å²) in [4.78, 5) is 0. The van der Waals surface area contributed by atoms with Crippen molar-refractivity contribution in [3.8, 4) is 0 Å². The Morgan fingerprint density at radius 2 is 2.12 bits per heavy atom. The van der Waals surface area contributed by atoms with E-state index in [1.807, 2.05) is 13.8 Å². The molecule has 16 heavy (non-hydrogen) atoms. The summed E-state index contributed by atoms with van der Waals surface area (Å²) in [6, 6.07) is -0.00133. The summed E-state index contributed by atoms with van der Waals surface area (Å²) in [5, 5.41) is 0. The van der Waals surface area contributed by atoms with Gasteiger partial charge in [-0.15, -0.1) is 0 Å². The van der Waals surface area contributed by atoms with Gasteiger partial charge >= 0.3 is 0 Å². The van der Waals surface area contributed by atoms with Gasteiger partial charge in [0.2, 0.25) is 0 Å². The van der Waals surface area contributed by atoms with Gasteiger partial charge in [0, 0.05) is 26.2 Å². The van der Waals surface area contributed by atoms with Crippen LogP contribution in [0.5, 0.6) is 0 Å². The van der Waals surface area contributed by atoms with E-state index in [9.17, 15) is 8.42 Å². The molecule has 1 fully saturated rings. The van der Waals surface area contributed by atoms with Crippen LogP contribution in [0.2, 0.25) is 0 Å². The lowest BCUT2D eigenvalue weighted by molar-refractivity contribution is 0.353. The average Bonchev–Trinajstić information content (AvgIpc) is 2.66. The van der Waals surface area contributed by atoms with Crippen LogP contribution in [0.4, 0.5) is 0 Å². The normalized spacial score (nSPS) is 23.5. The van der Waals surface area contributed by atoms with Crippen LogP contribution in [0.25, 0.3) is 0 Å². The van der Waals surface area contributed by atoms with Crippen molar-refractivity contribution in [1.82, 2.24) is 8.61 Å². The third kappa shape index (κ3) is 2.94. The van der Waals surface area contributed by atoms with E-state index in [0.29, 0.717) is 25.6 Å². The van der Waals surface area contributed by atoms with Gasteiger partial charge in [0.25, 0.3) is 10.2 Å². The molecule has 6 heteroatoms. The SMILES string of the molecule is CC(C)N(C)S(=O)(=O)N1CCC(CCN)C1. The molecule has 1 rings (SSSR count). The Bertz CT molecular complexity index is 316. The highest BCUT2D eigenvalue weighted by molar-refractivity contribution is 7.86. The molecule has 96 valence electrons. The van der Waals surface area contributed by atoms with E-state index in [0.717, 1.165) is 12.8 Å². The lowest BCUT2D eigenvalue weighted by atomic mass is 10.1. The van der Waals surface area contributed by atoms with Gasteiger partial charge in [-0.25, -0.2) is 0 Å². The van der Waals surface area contributed by atoms with Crippen LogP contribution in [0.3, 0.4) is 0 Å². The van der Waals surface area contributed by atoms with Crippen molar-refractivity contribution < 1.29 is 8.42 Å². The highest BCUT2D eigenvalue weighted by Crippen LogP contribution is 2.23. The van der Waals surface area contributed by atoms with Gasteiger partial charge in [0.05, 0.1) is 0 Å². The summed E-state index contributed by atoms with van der Waals surface area (Å²) in [5.74, 6) is 0.431. The van der Waals surface area contributed by atoms with Crippen molar-refractivity contribution in [2.24, 2.45) is 11.7 Å². The third-order valence-corrected chi connectivity index (χ3v) is 5.37. The molecule has 1 aliphatic rings. The van der Waals surface area contributed by atoms with E-state index in [-0.39, 0.29) is 6.04 Å². The maximum absolute atomic E-state index is 12.1. The number of nitrogens with two attached hydrogens (primary N) is 1. The summed E-state index contributed by atoms with van der Waals surface area (Å²) < 4.78 is 27.3. The third-order valence-electron chi connectivity index (χ3n) is 3.24. The molecule has 1 heterocycles. The first-order valence-electron chi connectivity index (χ1n) is 5.82. The average molecular weight is 249 g/mol. The van der Waals surface area contributed by atoms with Crippen LogP contribution in [0, 0.1) is 5.92 Å². The second-order valence-electron chi connectivity index (χ2n) is 4.71. The van der Waals surface area contributed by atoms with Crippen molar-refractivity contribution in [1.29, 1.82) is 0 Å². The first kappa shape index (κ1) is 13.9. The van der Waals surface area contributed by atoms with Crippen LogP contribution in [-0.2, 0) is 10.2 Å². The van der Waals surface area contributed by atoms with E-state index in [2.05, 4.69) is 0 Å². The quantitative estimate of drug-likeness (QED) is 0.759. The molecule has 0 aromatic rings.